The first-order valence-corrected chi connectivity index (χ1v) is 21.8. The maximum absolute atomic E-state index is 6.70. The molecule has 0 aliphatic carbocycles. The van der Waals surface area contributed by atoms with Gasteiger partial charge in [-0.3, -0.25) is 0 Å². The second-order valence-electron chi connectivity index (χ2n) is 20.4. The molecule has 0 bridgehead atoms. The van der Waals surface area contributed by atoms with E-state index in [0.29, 0.717) is 11.5 Å². The van der Waals surface area contributed by atoms with Crippen LogP contribution in [0, 0.1) is 18.8 Å². The number of benzene rings is 6. The monoisotopic (exact) mass is 1010 g/mol. The molecule has 0 amide bonds. The molecule has 0 saturated carbocycles. The van der Waals surface area contributed by atoms with E-state index in [1.165, 1.54) is 27.8 Å². The number of pyridine rings is 1. The molecule has 6 aromatic carbocycles. The Morgan fingerprint density at radius 3 is 1.86 bits per heavy atom. The van der Waals surface area contributed by atoms with Gasteiger partial charge in [0.25, 0.3) is 0 Å². The smallest absolute Gasteiger partial charge is 0.135 e. The molecule has 1 aliphatic rings. The van der Waals surface area contributed by atoms with Gasteiger partial charge in [-0.25, -0.2) is 4.98 Å². The first-order valence-electron chi connectivity index (χ1n) is 21.8. The van der Waals surface area contributed by atoms with Gasteiger partial charge in [-0.15, -0.1) is 48.1 Å². The molecule has 5 nitrogen and oxygen atoms in total. The Labute approximate surface area is 389 Å². The van der Waals surface area contributed by atoms with E-state index in [0.717, 1.165) is 50.4 Å². The van der Waals surface area contributed by atoms with Gasteiger partial charge in [0.05, 0.1) is 0 Å². The van der Waals surface area contributed by atoms with Crippen LogP contribution in [0.3, 0.4) is 0 Å². The van der Waals surface area contributed by atoms with Crippen molar-refractivity contribution in [2.24, 2.45) is 0 Å². The van der Waals surface area contributed by atoms with E-state index in [4.69, 9.17) is 9.72 Å². The Kier molecular flexibility index (Phi) is 11.3. The first-order chi connectivity index (χ1) is 29.4. The van der Waals surface area contributed by atoms with Crippen molar-refractivity contribution in [2.75, 3.05) is 9.80 Å². The molecule has 0 radical (unpaired) electrons. The largest absolute Gasteiger partial charge is 0.509 e. The molecule has 9 rings (SSSR count). The molecule has 324 valence electrons. The Morgan fingerprint density at radius 2 is 1.16 bits per heavy atom. The maximum atomic E-state index is 6.70. The molecule has 0 spiro atoms. The predicted molar refractivity (Wildman–Crippen MR) is 259 cm³/mol. The molecule has 3 heterocycles. The summed E-state index contributed by atoms with van der Waals surface area (Å²) in [6.07, 6.45) is 1.92. The van der Waals surface area contributed by atoms with Crippen LogP contribution >= 0.6 is 0 Å². The van der Waals surface area contributed by atoms with Gasteiger partial charge >= 0.3 is 0 Å². The van der Waals surface area contributed by atoms with Gasteiger partial charge in [0.1, 0.15) is 5.82 Å². The Hall–Kier alpha value is -5.64. The second kappa shape index (κ2) is 16.2. The number of nitrogens with zero attached hydrogens (tertiary/aromatic N) is 4. The Balaban J connectivity index is 0.00000544. The van der Waals surface area contributed by atoms with E-state index >= 15 is 0 Å². The first kappa shape index (κ1) is 44.0. The summed E-state index contributed by atoms with van der Waals surface area (Å²) in [6.45, 7) is 27.4. The quantitative estimate of drug-likeness (QED) is 0.149. The molecule has 2 aromatic heterocycles. The number of rotatable bonds is 7. The third-order valence-electron chi connectivity index (χ3n) is 12.5. The van der Waals surface area contributed by atoms with Crippen LogP contribution in [0.1, 0.15) is 104 Å². The third-order valence-corrected chi connectivity index (χ3v) is 12.5. The fourth-order valence-corrected chi connectivity index (χ4v) is 8.84. The van der Waals surface area contributed by atoms with Gasteiger partial charge in [0.2, 0.25) is 0 Å². The van der Waals surface area contributed by atoms with Crippen LogP contribution < -0.4 is 14.5 Å². The van der Waals surface area contributed by atoms with Crippen molar-refractivity contribution in [1.29, 1.82) is 0 Å². The van der Waals surface area contributed by atoms with Crippen molar-refractivity contribution in [2.45, 2.75) is 97.8 Å². The minimum Gasteiger partial charge on any atom is -0.509 e. The van der Waals surface area contributed by atoms with E-state index in [9.17, 15) is 0 Å². The summed E-state index contributed by atoms with van der Waals surface area (Å²) in [5.74, 6) is 2.05. The summed E-state index contributed by atoms with van der Waals surface area (Å²) in [4.78, 5) is 9.53. The van der Waals surface area contributed by atoms with Crippen LogP contribution in [-0.2, 0) is 42.7 Å². The van der Waals surface area contributed by atoms with Crippen molar-refractivity contribution in [3.05, 3.63) is 186 Å². The fraction of sp³-hybridized carbons (Fsp3) is 0.263. The number of hydrogen-bond acceptors (Lipinski definition) is 4. The van der Waals surface area contributed by atoms with Gasteiger partial charge < -0.3 is 19.1 Å². The number of ether oxygens (including phenoxy) is 1. The van der Waals surface area contributed by atoms with E-state index < -0.39 is 0 Å². The van der Waals surface area contributed by atoms with Gasteiger partial charge in [-0.2, -0.15) is 12.1 Å². The standard InChI is InChI=1S/C57H57N4O.Pt/c1-54(2,3)39-21-17-22-41(31-39)59-37-60(52-36-48(56(7,8)9)47(35-51(52)59)55(4,5)6)42-23-18-24-43(33-42)62-44-27-28-46-45-25-15-16-26-49(45)61(50(46)34-44)53-32-40(29-30-58-53)57(10,11)38-19-13-12-14-20-38;/h12-32,35-37H,1-11H3;/q-3;. The minimum absolute atomic E-state index is 0. The van der Waals surface area contributed by atoms with Crippen LogP contribution in [-0.4, -0.2) is 9.55 Å². The molecule has 0 saturated heterocycles. The zero-order chi connectivity index (χ0) is 43.8. The van der Waals surface area contributed by atoms with Gasteiger partial charge in [0.15, 0.2) is 0 Å². The van der Waals surface area contributed by atoms with Crippen LogP contribution in [0.15, 0.2) is 140 Å². The second-order valence-corrected chi connectivity index (χ2v) is 20.4. The Morgan fingerprint density at radius 1 is 0.524 bits per heavy atom. The van der Waals surface area contributed by atoms with Crippen molar-refractivity contribution in [3.63, 3.8) is 0 Å². The summed E-state index contributed by atoms with van der Waals surface area (Å²) in [5.41, 5.74) is 12.3. The summed E-state index contributed by atoms with van der Waals surface area (Å²) in [5, 5.41) is 2.22. The molecular weight excluding hydrogens is 952 g/mol. The number of hydrogen-bond donors (Lipinski definition) is 0. The van der Waals surface area contributed by atoms with Crippen molar-refractivity contribution >= 4 is 44.6 Å². The van der Waals surface area contributed by atoms with Crippen molar-refractivity contribution in [3.8, 4) is 17.3 Å². The predicted octanol–water partition coefficient (Wildman–Crippen LogP) is 15.2. The Bertz CT molecular complexity index is 2960. The molecule has 0 fully saturated rings. The summed E-state index contributed by atoms with van der Waals surface area (Å²) in [6, 6.07) is 54.8. The SMILES string of the molecule is CC(C)(C)c1cccc(N2[CH-]N(c3[c-]c(Oc4[c-]c5c(cc4)c4ccccc4n5-c4cc(C(C)(C)c5ccccc5)ccn4)ccc3)c3cc(C(C)(C)C)c(C(C)(C)C)cc32)c1.[Pt]. The molecule has 6 heteroatoms. The average Bonchev–Trinajstić information content (AvgIpc) is 3.78. The molecule has 0 unspecified atom stereocenters. The van der Waals surface area contributed by atoms with Gasteiger partial charge in [0, 0.05) is 66.8 Å². The van der Waals surface area contributed by atoms with Crippen LogP contribution in [0.4, 0.5) is 22.7 Å². The van der Waals surface area contributed by atoms with Gasteiger partial charge in [-0.1, -0.05) is 142 Å². The molecule has 0 N–H and O–H groups in total. The van der Waals surface area contributed by atoms with E-state index in [-0.39, 0.29) is 42.7 Å². The van der Waals surface area contributed by atoms with E-state index in [2.05, 4.69) is 225 Å². The zero-order valence-corrected chi connectivity index (χ0v) is 40.6. The summed E-state index contributed by atoms with van der Waals surface area (Å²) < 4.78 is 8.91. The zero-order valence-electron chi connectivity index (χ0n) is 38.4. The molecule has 0 atom stereocenters. The van der Waals surface area contributed by atoms with Crippen LogP contribution in [0.2, 0.25) is 0 Å². The third kappa shape index (κ3) is 8.22. The molecule has 63 heavy (non-hydrogen) atoms. The number of anilines is 4. The van der Waals surface area contributed by atoms with E-state index in [1.807, 2.05) is 24.4 Å². The van der Waals surface area contributed by atoms with Crippen molar-refractivity contribution in [1.82, 2.24) is 9.55 Å². The topological polar surface area (TPSA) is 33.5 Å². The van der Waals surface area contributed by atoms with E-state index in [1.54, 1.807) is 0 Å². The number of fused-ring (bicyclic) bond motifs is 4. The number of aromatic nitrogens is 2. The molecular formula is C57H57N4OPt-3. The average molecular weight is 1010 g/mol. The normalized spacial score (nSPS) is 13.4. The molecule has 1 aliphatic heterocycles. The van der Waals surface area contributed by atoms with Crippen LogP contribution in [0.5, 0.6) is 11.5 Å². The fourth-order valence-electron chi connectivity index (χ4n) is 8.84. The van der Waals surface area contributed by atoms with Crippen molar-refractivity contribution < 1.29 is 25.8 Å². The number of para-hydroxylation sites is 1. The summed E-state index contributed by atoms with van der Waals surface area (Å²) in [7, 11) is 0. The van der Waals surface area contributed by atoms with Gasteiger partial charge in [-0.05, 0) is 91.9 Å². The molecule has 8 aromatic rings. The summed E-state index contributed by atoms with van der Waals surface area (Å²) >= 11 is 0. The minimum atomic E-state index is -0.222. The maximum Gasteiger partial charge on any atom is 0.135 e. The van der Waals surface area contributed by atoms with Crippen LogP contribution in [0.25, 0.3) is 27.6 Å².